The highest BCUT2D eigenvalue weighted by Gasteiger charge is 2.36. The van der Waals surface area contributed by atoms with Crippen molar-refractivity contribution in [3.05, 3.63) is 58.6 Å². The SMILES string of the molecule is CCCN(C(=O)C(CCSC)NC(=O)OC(C)(C)C)C(C(=O)Nc1c(C)cccc1Cl)c1cccc(O)c1. The molecule has 8 nitrogen and oxygen atoms in total. The van der Waals surface area contributed by atoms with E-state index in [1.165, 1.54) is 17.0 Å². The molecule has 38 heavy (non-hydrogen) atoms. The van der Waals surface area contributed by atoms with Crippen molar-refractivity contribution in [2.75, 3.05) is 23.9 Å². The van der Waals surface area contributed by atoms with E-state index in [-0.39, 0.29) is 12.3 Å². The minimum Gasteiger partial charge on any atom is -0.508 e. The van der Waals surface area contributed by atoms with E-state index in [0.717, 1.165) is 5.56 Å². The first-order valence-corrected chi connectivity index (χ1v) is 14.3. The van der Waals surface area contributed by atoms with Crippen LogP contribution in [0.4, 0.5) is 10.5 Å². The second-order valence-electron chi connectivity index (χ2n) is 9.93. The van der Waals surface area contributed by atoms with Gasteiger partial charge in [-0.3, -0.25) is 9.59 Å². The zero-order valence-corrected chi connectivity index (χ0v) is 24.4. The number of alkyl carbamates (subject to hydrolysis) is 1. The lowest BCUT2D eigenvalue weighted by molar-refractivity contribution is -0.140. The van der Waals surface area contributed by atoms with E-state index >= 15 is 0 Å². The van der Waals surface area contributed by atoms with Crippen LogP contribution < -0.4 is 10.6 Å². The third-order valence-corrected chi connectivity index (χ3v) is 6.52. The molecule has 0 aromatic heterocycles. The number of carbonyl (C=O) groups is 3. The van der Waals surface area contributed by atoms with Crippen LogP contribution in [-0.4, -0.2) is 58.1 Å². The zero-order chi connectivity index (χ0) is 28.5. The molecule has 0 fully saturated rings. The predicted molar refractivity (Wildman–Crippen MR) is 154 cm³/mol. The highest BCUT2D eigenvalue weighted by atomic mass is 35.5. The first-order chi connectivity index (χ1) is 17.9. The van der Waals surface area contributed by atoms with E-state index in [2.05, 4.69) is 10.6 Å². The van der Waals surface area contributed by atoms with E-state index < -0.39 is 35.6 Å². The number of thioether (sulfide) groups is 1. The van der Waals surface area contributed by atoms with Crippen LogP contribution in [0.1, 0.15) is 57.7 Å². The molecule has 0 saturated heterocycles. The summed E-state index contributed by atoms with van der Waals surface area (Å²) in [6.45, 7) is 9.19. The van der Waals surface area contributed by atoms with Gasteiger partial charge in [-0.1, -0.05) is 42.8 Å². The summed E-state index contributed by atoms with van der Waals surface area (Å²) in [5.74, 6) is -0.349. The maximum atomic E-state index is 14.0. The average Bonchev–Trinajstić information content (AvgIpc) is 2.82. The van der Waals surface area contributed by atoms with Crippen molar-refractivity contribution in [1.82, 2.24) is 10.2 Å². The number of phenols is 1. The Morgan fingerprint density at radius 1 is 1.16 bits per heavy atom. The van der Waals surface area contributed by atoms with E-state index in [0.29, 0.717) is 34.9 Å². The second kappa shape index (κ2) is 14.3. The maximum absolute atomic E-state index is 14.0. The smallest absolute Gasteiger partial charge is 0.408 e. The molecule has 2 unspecified atom stereocenters. The minimum atomic E-state index is -1.09. The number of halogens is 1. The molecule has 3 N–H and O–H groups in total. The van der Waals surface area contributed by atoms with E-state index in [1.807, 2.05) is 26.2 Å². The molecule has 0 aliphatic rings. The third kappa shape index (κ3) is 9.13. The molecule has 2 atom stereocenters. The number of para-hydroxylation sites is 1. The Morgan fingerprint density at radius 2 is 1.84 bits per heavy atom. The van der Waals surface area contributed by atoms with Crippen molar-refractivity contribution in [2.45, 2.75) is 65.1 Å². The molecule has 0 aliphatic carbocycles. The summed E-state index contributed by atoms with van der Waals surface area (Å²) in [7, 11) is 0. The quantitative estimate of drug-likeness (QED) is 0.313. The molecular weight excluding hydrogens is 526 g/mol. The van der Waals surface area contributed by atoms with Crippen LogP contribution in [0.15, 0.2) is 42.5 Å². The van der Waals surface area contributed by atoms with Gasteiger partial charge in [-0.2, -0.15) is 11.8 Å². The lowest BCUT2D eigenvalue weighted by atomic mass is 10.0. The Bertz CT molecular complexity index is 1100. The minimum absolute atomic E-state index is 0.0380. The van der Waals surface area contributed by atoms with Crippen LogP contribution in [0.3, 0.4) is 0 Å². The van der Waals surface area contributed by atoms with Crippen LogP contribution in [0.25, 0.3) is 0 Å². The molecule has 2 aromatic rings. The molecule has 0 radical (unpaired) electrons. The van der Waals surface area contributed by atoms with Crippen molar-refractivity contribution in [3.63, 3.8) is 0 Å². The van der Waals surface area contributed by atoms with Gasteiger partial charge >= 0.3 is 6.09 Å². The molecule has 0 spiro atoms. The molecule has 3 amide bonds. The van der Waals surface area contributed by atoms with Crippen molar-refractivity contribution in [2.24, 2.45) is 0 Å². The molecule has 10 heteroatoms. The number of aryl methyl sites for hydroxylation is 1. The van der Waals surface area contributed by atoms with Gasteiger partial charge in [0, 0.05) is 6.54 Å². The van der Waals surface area contributed by atoms with Crippen LogP contribution in [0.5, 0.6) is 5.75 Å². The normalized spacial score (nSPS) is 12.8. The number of hydrogen-bond acceptors (Lipinski definition) is 6. The maximum Gasteiger partial charge on any atom is 0.408 e. The van der Waals surface area contributed by atoms with Crippen LogP contribution in [-0.2, 0) is 14.3 Å². The molecule has 208 valence electrons. The number of aromatic hydroxyl groups is 1. The number of carbonyl (C=O) groups excluding carboxylic acids is 3. The molecular formula is C28H38ClN3O5S. The summed E-state index contributed by atoms with van der Waals surface area (Å²) in [5, 5.41) is 16.1. The second-order valence-corrected chi connectivity index (χ2v) is 11.3. The first kappa shape index (κ1) is 31.3. The standard InChI is InChI=1S/C28H38ClN3O5S/c1-7-15-32(26(35)22(14-16-38-6)30-27(36)37-28(3,4)5)24(19-11-9-12-20(33)17-19)25(34)31-23-18(2)10-8-13-21(23)29/h8-13,17,22,24,33H,7,14-16H2,1-6H3,(H,30,36)(H,31,34). The summed E-state index contributed by atoms with van der Waals surface area (Å²) >= 11 is 7.91. The zero-order valence-electron chi connectivity index (χ0n) is 22.8. The van der Waals surface area contributed by atoms with Gasteiger partial charge in [0.2, 0.25) is 5.91 Å². The number of phenolic OH excluding ortho intramolecular Hbond substituents is 1. The van der Waals surface area contributed by atoms with Gasteiger partial charge in [0.1, 0.15) is 23.4 Å². The fourth-order valence-corrected chi connectivity index (χ4v) is 4.64. The number of anilines is 1. The van der Waals surface area contributed by atoms with E-state index in [1.54, 1.807) is 56.8 Å². The van der Waals surface area contributed by atoms with Crippen molar-refractivity contribution < 1.29 is 24.2 Å². The molecule has 0 saturated carbocycles. The van der Waals surface area contributed by atoms with Gasteiger partial charge in [0.25, 0.3) is 5.91 Å². The van der Waals surface area contributed by atoms with Gasteiger partial charge in [-0.05, 0) is 81.9 Å². The van der Waals surface area contributed by atoms with Crippen molar-refractivity contribution in [1.29, 1.82) is 0 Å². The highest BCUT2D eigenvalue weighted by Crippen LogP contribution is 2.30. The predicted octanol–water partition coefficient (Wildman–Crippen LogP) is 5.92. The third-order valence-electron chi connectivity index (χ3n) is 5.56. The first-order valence-electron chi connectivity index (χ1n) is 12.5. The highest BCUT2D eigenvalue weighted by molar-refractivity contribution is 7.98. The largest absolute Gasteiger partial charge is 0.508 e. The van der Waals surface area contributed by atoms with Gasteiger partial charge < -0.3 is 25.4 Å². The molecule has 0 heterocycles. The molecule has 0 bridgehead atoms. The Hall–Kier alpha value is -2.91. The Balaban J connectivity index is 2.52. The Labute approximate surface area is 234 Å². The topological polar surface area (TPSA) is 108 Å². The Morgan fingerprint density at radius 3 is 2.42 bits per heavy atom. The van der Waals surface area contributed by atoms with Crippen molar-refractivity contribution in [3.8, 4) is 5.75 Å². The lowest BCUT2D eigenvalue weighted by Gasteiger charge is -2.34. The van der Waals surface area contributed by atoms with Crippen LogP contribution in [0.2, 0.25) is 5.02 Å². The fraction of sp³-hybridized carbons (Fsp3) is 0.464. The Kier molecular flexibility index (Phi) is 11.8. The number of ether oxygens (including phenoxy) is 1. The number of benzene rings is 2. The van der Waals surface area contributed by atoms with Gasteiger partial charge in [0.05, 0.1) is 10.7 Å². The van der Waals surface area contributed by atoms with E-state index in [4.69, 9.17) is 16.3 Å². The molecule has 2 rings (SSSR count). The number of hydrogen-bond donors (Lipinski definition) is 3. The van der Waals surface area contributed by atoms with E-state index in [9.17, 15) is 19.5 Å². The number of amides is 3. The van der Waals surface area contributed by atoms with Gasteiger partial charge in [-0.25, -0.2) is 4.79 Å². The van der Waals surface area contributed by atoms with Gasteiger partial charge in [-0.15, -0.1) is 0 Å². The van der Waals surface area contributed by atoms with Crippen LogP contribution in [0, 0.1) is 6.92 Å². The fourth-order valence-electron chi connectivity index (χ4n) is 3.90. The van der Waals surface area contributed by atoms with Gasteiger partial charge in [0.15, 0.2) is 0 Å². The molecule has 0 aliphatic heterocycles. The lowest BCUT2D eigenvalue weighted by Crippen LogP contribution is -2.52. The summed E-state index contributed by atoms with van der Waals surface area (Å²) in [6.07, 6.45) is 2.10. The molecule has 2 aromatic carbocycles. The van der Waals surface area contributed by atoms with Crippen molar-refractivity contribution >= 4 is 47.0 Å². The summed E-state index contributed by atoms with van der Waals surface area (Å²) in [6, 6.07) is 9.51. The van der Waals surface area contributed by atoms with Crippen LogP contribution >= 0.6 is 23.4 Å². The number of rotatable bonds is 11. The average molecular weight is 564 g/mol. The summed E-state index contributed by atoms with van der Waals surface area (Å²) in [4.78, 5) is 41.9. The number of nitrogens with zero attached hydrogens (tertiary/aromatic N) is 1. The monoisotopic (exact) mass is 563 g/mol. The summed E-state index contributed by atoms with van der Waals surface area (Å²) < 4.78 is 5.40. The number of nitrogens with one attached hydrogen (secondary N) is 2. The summed E-state index contributed by atoms with van der Waals surface area (Å²) in [5.41, 5.74) is 0.893.